The van der Waals surface area contributed by atoms with E-state index in [0.29, 0.717) is 6.04 Å². The number of hydrogen-bond acceptors (Lipinski definition) is 2. The van der Waals surface area contributed by atoms with E-state index in [1.54, 1.807) is 7.11 Å². The Balaban J connectivity index is 2.30. The van der Waals surface area contributed by atoms with Gasteiger partial charge in [-0.3, -0.25) is 0 Å². The number of unbranched alkanes of at least 4 members (excludes halogenated alkanes) is 4. The summed E-state index contributed by atoms with van der Waals surface area (Å²) in [6, 6.07) is 9.02. The van der Waals surface area contributed by atoms with Crippen LogP contribution in [0, 0.1) is 0 Å². The van der Waals surface area contributed by atoms with Crippen molar-refractivity contribution in [2.24, 2.45) is 0 Å². The molecule has 0 radical (unpaired) electrons. The van der Waals surface area contributed by atoms with E-state index >= 15 is 0 Å². The maximum Gasteiger partial charge on any atom is 0.118 e. The molecule has 0 amide bonds. The zero-order valence-electron chi connectivity index (χ0n) is 12.7. The third-order valence-corrected chi connectivity index (χ3v) is 3.71. The molecule has 0 aliphatic heterocycles. The van der Waals surface area contributed by atoms with Crippen LogP contribution >= 0.6 is 0 Å². The fourth-order valence-electron chi connectivity index (χ4n) is 2.39. The SMILES string of the molecule is CCCCCCCC(Cc1ccc(OC)cc1)NC. The van der Waals surface area contributed by atoms with Gasteiger partial charge in [0, 0.05) is 6.04 Å². The van der Waals surface area contributed by atoms with Crippen molar-refractivity contribution >= 4 is 0 Å². The van der Waals surface area contributed by atoms with Gasteiger partial charge >= 0.3 is 0 Å². The van der Waals surface area contributed by atoms with Crippen molar-refractivity contribution in [2.45, 2.75) is 57.9 Å². The highest BCUT2D eigenvalue weighted by Gasteiger charge is 2.07. The third kappa shape index (κ3) is 6.63. The minimum Gasteiger partial charge on any atom is -0.497 e. The maximum absolute atomic E-state index is 5.19. The fraction of sp³-hybridized carbons (Fsp3) is 0.647. The highest BCUT2D eigenvalue weighted by molar-refractivity contribution is 5.27. The first-order valence-electron chi connectivity index (χ1n) is 7.60. The number of likely N-dealkylation sites (N-methyl/N-ethyl adjacent to an activating group) is 1. The highest BCUT2D eigenvalue weighted by Crippen LogP contribution is 2.15. The molecule has 1 unspecified atom stereocenters. The van der Waals surface area contributed by atoms with E-state index in [1.165, 1.54) is 44.1 Å². The van der Waals surface area contributed by atoms with Gasteiger partial charge in [0.1, 0.15) is 5.75 Å². The predicted octanol–water partition coefficient (Wildman–Crippen LogP) is 4.19. The van der Waals surface area contributed by atoms with Gasteiger partial charge in [-0.25, -0.2) is 0 Å². The van der Waals surface area contributed by atoms with Crippen LogP contribution in [0.4, 0.5) is 0 Å². The van der Waals surface area contributed by atoms with Crippen LogP contribution in [0.15, 0.2) is 24.3 Å². The molecule has 1 aromatic rings. The van der Waals surface area contributed by atoms with Gasteiger partial charge in [-0.05, 0) is 37.6 Å². The summed E-state index contributed by atoms with van der Waals surface area (Å²) in [6.45, 7) is 2.26. The Hall–Kier alpha value is -1.02. The second kappa shape index (κ2) is 9.85. The van der Waals surface area contributed by atoms with Crippen LogP contribution in [0.1, 0.15) is 51.0 Å². The smallest absolute Gasteiger partial charge is 0.118 e. The monoisotopic (exact) mass is 263 g/mol. The summed E-state index contributed by atoms with van der Waals surface area (Å²) in [4.78, 5) is 0. The first kappa shape index (κ1) is 16.0. The van der Waals surface area contributed by atoms with E-state index in [9.17, 15) is 0 Å². The van der Waals surface area contributed by atoms with Crippen LogP contribution in [0.2, 0.25) is 0 Å². The van der Waals surface area contributed by atoms with Crippen molar-refractivity contribution in [2.75, 3.05) is 14.2 Å². The molecule has 0 saturated heterocycles. The summed E-state index contributed by atoms with van der Waals surface area (Å²) in [5.41, 5.74) is 1.38. The van der Waals surface area contributed by atoms with E-state index in [4.69, 9.17) is 4.74 Å². The molecule has 0 heterocycles. The molecule has 19 heavy (non-hydrogen) atoms. The number of rotatable bonds is 10. The molecule has 1 rings (SSSR count). The maximum atomic E-state index is 5.19. The van der Waals surface area contributed by atoms with Gasteiger partial charge in [0.25, 0.3) is 0 Å². The molecule has 0 aromatic heterocycles. The molecule has 0 aliphatic rings. The predicted molar refractivity (Wildman–Crippen MR) is 82.9 cm³/mol. The van der Waals surface area contributed by atoms with Crippen molar-refractivity contribution < 1.29 is 4.74 Å². The molecule has 1 N–H and O–H groups in total. The summed E-state index contributed by atoms with van der Waals surface area (Å²) >= 11 is 0. The van der Waals surface area contributed by atoms with Gasteiger partial charge in [-0.1, -0.05) is 51.2 Å². The second-order valence-electron chi connectivity index (χ2n) is 5.24. The number of benzene rings is 1. The van der Waals surface area contributed by atoms with Crippen molar-refractivity contribution in [1.82, 2.24) is 5.32 Å². The first-order valence-corrected chi connectivity index (χ1v) is 7.60. The molecule has 2 nitrogen and oxygen atoms in total. The van der Waals surface area contributed by atoms with Crippen LogP contribution in [0.25, 0.3) is 0 Å². The topological polar surface area (TPSA) is 21.3 Å². The fourth-order valence-corrected chi connectivity index (χ4v) is 2.39. The molecule has 1 aromatic carbocycles. The summed E-state index contributed by atoms with van der Waals surface area (Å²) in [5, 5.41) is 3.44. The number of methoxy groups -OCH3 is 1. The Morgan fingerprint density at radius 2 is 1.74 bits per heavy atom. The molecule has 0 bridgehead atoms. The van der Waals surface area contributed by atoms with Crippen molar-refractivity contribution in [3.8, 4) is 5.75 Å². The van der Waals surface area contributed by atoms with Gasteiger partial charge in [-0.15, -0.1) is 0 Å². The average molecular weight is 263 g/mol. The van der Waals surface area contributed by atoms with Crippen LogP contribution in [0.3, 0.4) is 0 Å². The molecule has 0 fully saturated rings. The molecule has 108 valence electrons. The Kier molecular flexibility index (Phi) is 8.31. The molecular formula is C17H29NO. The third-order valence-electron chi connectivity index (χ3n) is 3.71. The van der Waals surface area contributed by atoms with Gasteiger partial charge in [0.15, 0.2) is 0 Å². The van der Waals surface area contributed by atoms with Crippen LogP contribution in [-0.2, 0) is 6.42 Å². The molecule has 0 spiro atoms. The lowest BCUT2D eigenvalue weighted by Gasteiger charge is -2.16. The van der Waals surface area contributed by atoms with E-state index in [-0.39, 0.29) is 0 Å². The quantitative estimate of drug-likeness (QED) is 0.639. The van der Waals surface area contributed by atoms with Crippen LogP contribution in [0.5, 0.6) is 5.75 Å². The number of hydrogen-bond donors (Lipinski definition) is 1. The Morgan fingerprint density at radius 3 is 2.32 bits per heavy atom. The zero-order valence-corrected chi connectivity index (χ0v) is 12.7. The van der Waals surface area contributed by atoms with E-state index in [2.05, 4.69) is 31.4 Å². The normalized spacial score (nSPS) is 12.4. The van der Waals surface area contributed by atoms with Crippen LogP contribution in [-0.4, -0.2) is 20.2 Å². The Morgan fingerprint density at radius 1 is 1.05 bits per heavy atom. The van der Waals surface area contributed by atoms with Crippen molar-refractivity contribution in [3.63, 3.8) is 0 Å². The molecule has 0 saturated carbocycles. The summed E-state index contributed by atoms with van der Waals surface area (Å²) in [6.07, 6.45) is 9.16. The second-order valence-corrected chi connectivity index (χ2v) is 5.24. The standard InChI is InChI=1S/C17H29NO/c1-4-5-6-7-8-9-16(18-2)14-15-10-12-17(19-3)13-11-15/h10-13,16,18H,4-9,14H2,1-3H3. The number of ether oxygens (including phenoxy) is 1. The lowest BCUT2D eigenvalue weighted by Crippen LogP contribution is -2.27. The van der Waals surface area contributed by atoms with Crippen LogP contribution < -0.4 is 10.1 Å². The lowest BCUT2D eigenvalue weighted by atomic mass is 10.00. The van der Waals surface area contributed by atoms with Gasteiger partial charge < -0.3 is 10.1 Å². The lowest BCUT2D eigenvalue weighted by molar-refractivity contribution is 0.414. The number of nitrogens with one attached hydrogen (secondary N) is 1. The zero-order chi connectivity index (χ0) is 13.9. The van der Waals surface area contributed by atoms with E-state index in [1.807, 2.05) is 12.1 Å². The molecular weight excluding hydrogens is 234 g/mol. The average Bonchev–Trinajstić information content (AvgIpc) is 2.46. The molecule has 2 heteroatoms. The first-order chi connectivity index (χ1) is 9.30. The van der Waals surface area contributed by atoms with Gasteiger partial charge in [-0.2, -0.15) is 0 Å². The Labute approximate surface area is 118 Å². The minimum absolute atomic E-state index is 0.593. The molecule has 1 atom stereocenters. The summed E-state index contributed by atoms with van der Waals surface area (Å²) in [7, 11) is 3.78. The minimum atomic E-state index is 0.593. The largest absolute Gasteiger partial charge is 0.497 e. The summed E-state index contributed by atoms with van der Waals surface area (Å²) < 4.78 is 5.19. The van der Waals surface area contributed by atoms with Gasteiger partial charge in [0.05, 0.1) is 7.11 Å². The van der Waals surface area contributed by atoms with E-state index in [0.717, 1.165) is 12.2 Å². The summed E-state index contributed by atoms with van der Waals surface area (Å²) in [5.74, 6) is 0.935. The highest BCUT2D eigenvalue weighted by atomic mass is 16.5. The molecule has 0 aliphatic carbocycles. The van der Waals surface area contributed by atoms with Crippen molar-refractivity contribution in [1.29, 1.82) is 0 Å². The Bertz CT molecular complexity index is 321. The van der Waals surface area contributed by atoms with Gasteiger partial charge in [0.2, 0.25) is 0 Å². The van der Waals surface area contributed by atoms with E-state index < -0.39 is 0 Å². The van der Waals surface area contributed by atoms with Crippen molar-refractivity contribution in [3.05, 3.63) is 29.8 Å².